The summed E-state index contributed by atoms with van der Waals surface area (Å²) >= 11 is 0. The number of hydrogen-bond acceptors (Lipinski definition) is 1. The van der Waals surface area contributed by atoms with E-state index in [-0.39, 0.29) is 0 Å². The summed E-state index contributed by atoms with van der Waals surface area (Å²) in [5, 5.41) is 0. The average Bonchev–Trinajstić information content (AvgIpc) is 2.46. The van der Waals surface area contributed by atoms with Crippen molar-refractivity contribution in [3.63, 3.8) is 0 Å². The van der Waals surface area contributed by atoms with Crippen LogP contribution in [0.25, 0.3) is 0 Å². The van der Waals surface area contributed by atoms with Crippen molar-refractivity contribution in [1.29, 1.82) is 0 Å². The zero-order chi connectivity index (χ0) is 8.27. The molecule has 1 aromatic rings. The van der Waals surface area contributed by atoms with E-state index < -0.39 is 0 Å². The third kappa shape index (κ3) is 1.48. The van der Waals surface area contributed by atoms with Crippen LogP contribution < -0.4 is 4.57 Å². The van der Waals surface area contributed by atoms with Crippen molar-refractivity contribution in [1.82, 2.24) is 4.57 Å². The van der Waals surface area contributed by atoms with Crippen LogP contribution in [-0.2, 0) is 13.1 Å². The maximum Gasteiger partial charge on any atom is 0.244 e. The first-order valence-electron chi connectivity index (χ1n) is 3.86. The van der Waals surface area contributed by atoms with E-state index in [1.807, 2.05) is 28.6 Å². The molecule has 1 heterocycles. The van der Waals surface area contributed by atoms with Gasteiger partial charge in [0.05, 0.1) is 13.1 Å². The summed E-state index contributed by atoms with van der Waals surface area (Å²) in [5.41, 5.74) is 0.745. The van der Waals surface area contributed by atoms with Gasteiger partial charge in [-0.25, -0.2) is 9.13 Å². The molecular weight excluding hydrogens is 140 g/mol. The van der Waals surface area contributed by atoms with Gasteiger partial charge in [-0.2, -0.15) is 0 Å². The van der Waals surface area contributed by atoms with Crippen molar-refractivity contribution in [2.75, 3.05) is 0 Å². The molecule has 0 radical (unpaired) electrons. The molecule has 3 heteroatoms. The molecule has 0 fully saturated rings. The molecule has 0 spiro atoms. The molecule has 0 atom stereocenters. The van der Waals surface area contributed by atoms with E-state index in [0.29, 0.717) is 0 Å². The Kier molecular flexibility index (Phi) is 2.41. The predicted octanol–water partition coefficient (Wildman–Crippen LogP) is 0.628. The quantitative estimate of drug-likeness (QED) is 0.462. The highest BCUT2D eigenvalue weighted by Gasteiger charge is 2.08. The summed E-state index contributed by atoms with van der Waals surface area (Å²) in [6, 6.07) is 0. The maximum absolute atomic E-state index is 10.5. The van der Waals surface area contributed by atoms with Crippen molar-refractivity contribution < 1.29 is 9.36 Å². The Balaban J connectivity index is 3.01. The van der Waals surface area contributed by atoms with E-state index in [4.69, 9.17) is 0 Å². The van der Waals surface area contributed by atoms with Crippen LogP contribution in [0.3, 0.4) is 0 Å². The van der Waals surface area contributed by atoms with Gasteiger partial charge >= 0.3 is 0 Å². The normalized spacial score (nSPS) is 10.0. The van der Waals surface area contributed by atoms with Crippen LogP contribution in [0.4, 0.5) is 0 Å². The molecule has 0 amide bonds. The topological polar surface area (TPSA) is 25.9 Å². The van der Waals surface area contributed by atoms with Crippen LogP contribution >= 0.6 is 0 Å². The van der Waals surface area contributed by atoms with Crippen molar-refractivity contribution in [2.45, 2.75) is 26.9 Å². The zero-order valence-corrected chi connectivity index (χ0v) is 6.95. The fraction of sp³-hybridized carbons (Fsp3) is 0.500. The smallest absolute Gasteiger partial charge is 0.244 e. The predicted molar refractivity (Wildman–Crippen MR) is 41.4 cm³/mol. The Morgan fingerprint density at radius 1 is 1.64 bits per heavy atom. The molecule has 11 heavy (non-hydrogen) atoms. The minimum atomic E-state index is 0.745. The number of imidazole rings is 1. The van der Waals surface area contributed by atoms with Crippen LogP contribution in [0, 0.1) is 0 Å². The molecule has 0 unspecified atom stereocenters. The largest absolute Gasteiger partial charge is 0.294 e. The Hall–Kier alpha value is -1.12. The molecule has 1 aromatic heterocycles. The Morgan fingerprint density at radius 2 is 2.36 bits per heavy atom. The number of nitrogens with zero attached hydrogens (tertiary/aromatic N) is 2. The lowest BCUT2D eigenvalue weighted by molar-refractivity contribution is -0.694. The average molecular weight is 153 g/mol. The molecule has 0 saturated heterocycles. The SMILES string of the molecule is CCn1cc(C=O)[n+](CC)c1. The molecular formula is C8H13N2O+. The summed E-state index contributed by atoms with van der Waals surface area (Å²) in [5.74, 6) is 0. The molecule has 0 N–H and O–H groups in total. The van der Waals surface area contributed by atoms with Crippen LogP contribution in [0.15, 0.2) is 12.5 Å². The highest BCUT2D eigenvalue weighted by Crippen LogP contribution is 1.89. The number of aryl methyl sites for hydroxylation is 2. The maximum atomic E-state index is 10.5. The molecule has 0 saturated carbocycles. The van der Waals surface area contributed by atoms with Gasteiger partial charge in [-0.15, -0.1) is 0 Å². The molecule has 1 rings (SSSR count). The monoisotopic (exact) mass is 153 g/mol. The molecule has 0 aliphatic carbocycles. The number of carbonyl (C=O) groups excluding carboxylic acids is 1. The molecule has 0 aliphatic heterocycles. The Morgan fingerprint density at radius 3 is 2.73 bits per heavy atom. The van der Waals surface area contributed by atoms with E-state index in [1.54, 1.807) is 0 Å². The summed E-state index contributed by atoms with van der Waals surface area (Å²) in [7, 11) is 0. The number of aromatic nitrogens is 2. The van der Waals surface area contributed by atoms with Crippen LogP contribution in [-0.4, -0.2) is 10.9 Å². The lowest BCUT2D eigenvalue weighted by Gasteiger charge is -1.86. The van der Waals surface area contributed by atoms with Crippen molar-refractivity contribution in [3.05, 3.63) is 18.2 Å². The summed E-state index contributed by atoms with van der Waals surface area (Å²) in [6.45, 7) is 5.83. The van der Waals surface area contributed by atoms with Crippen molar-refractivity contribution in [2.24, 2.45) is 0 Å². The number of rotatable bonds is 3. The van der Waals surface area contributed by atoms with Gasteiger partial charge in [0.25, 0.3) is 0 Å². The van der Waals surface area contributed by atoms with Gasteiger partial charge in [0, 0.05) is 0 Å². The lowest BCUT2D eigenvalue weighted by Crippen LogP contribution is -2.34. The number of carbonyl (C=O) groups is 1. The van der Waals surface area contributed by atoms with Gasteiger partial charge in [-0.05, 0) is 13.8 Å². The second kappa shape index (κ2) is 3.32. The number of aldehydes is 1. The van der Waals surface area contributed by atoms with E-state index in [0.717, 1.165) is 25.1 Å². The summed E-state index contributed by atoms with van der Waals surface area (Å²) < 4.78 is 3.92. The molecule has 3 nitrogen and oxygen atoms in total. The zero-order valence-electron chi connectivity index (χ0n) is 6.95. The first-order valence-corrected chi connectivity index (χ1v) is 3.86. The van der Waals surface area contributed by atoms with Crippen molar-refractivity contribution >= 4 is 6.29 Å². The Labute approximate surface area is 66.3 Å². The second-order valence-electron chi connectivity index (χ2n) is 2.40. The minimum absolute atomic E-state index is 0.745. The standard InChI is InChI=1S/C8H13N2O/c1-3-9-5-8(6-11)10(4-2)7-9/h5-7H,3-4H2,1-2H3/q+1. The fourth-order valence-electron chi connectivity index (χ4n) is 1.06. The van der Waals surface area contributed by atoms with E-state index in [9.17, 15) is 4.79 Å². The first kappa shape index (κ1) is 7.98. The van der Waals surface area contributed by atoms with Gasteiger partial charge in [0.1, 0.15) is 6.20 Å². The highest BCUT2D eigenvalue weighted by molar-refractivity contribution is 5.68. The third-order valence-corrected chi connectivity index (χ3v) is 1.74. The Bertz CT molecular complexity index is 253. The van der Waals surface area contributed by atoms with Crippen LogP contribution in [0.2, 0.25) is 0 Å². The van der Waals surface area contributed by atoms with Gasteiger partial charge in [-0.1, -0.05) is 0 Å². The highest BCUT2D eigenvalue weighted by atomic mass is 16.1. The number of hydrogen-bond donors (Lipinski definition) is 0. The minimum Gasteiger partial charge on any atom is -0.294 e. The van der Waals surface area contributed by atoms with E-state index in [1.165, 1.54) is 0 Å². The van der Waals surface area contributed by atoms with E-state index in [2.05, 4.69) is 6.92 Å². The van der Waals surface area contributed by atoms with Gasteiger partial charge in [-0.3, -0.25) is 4.79 Å². The third-order valence-electron chi connectivity index (χ3n) is 1.74. The molecule has 0 bridgehead atoms. The van der Waals surface area contributed by atoms with E-state index >= 15 is 0 Å². The second-order valence-corrected chi connectivity index (χ2v) is 2.40. The van der Waals surface area contributed by atoms with Crippen molar-refractivity contribution in [3.8, 4) is 0 Å². The lowest BCUT2D eigenvalue weighted by atomic mass is 10.5. The molecule has 0 aromatic carbocycles. The van der Waals surface area contributed by atoms with Crippen LogP contribution in [0.1, 0.15) is 24.3 Å². The fourth-order valence-corrected chi connectivity index (χ4v) is 1.06. The van der Waals surface area contributed by atoms with Gasteiger partial charge in [0.15, 0.2) is 6.29 Å². The van der Waals surface area contributed by atoms with Crippen LogP contribution in [0.5, 0.6) is 0 Å². The summed E-state index contributed by atoms with van der Waals surface area (Å²) in [4.78, 5) is 10.5. The molecule has 60 valence electrons. The summed E-state index contributed by atoms with van der Waals surface area (Å²) in [6.07, 6.45) is 4.69. The first-order chi connectivity index (χ1) is 5.31. The molecule has 0 aliphatic rings. The van der Waals surface area contributed by atoms with Gasteiger partial charge in [0.2, 0.25) is 12.0 Å². The van der Waals surface area contributed by atoms with Gasteiger partial charge < -0.3 is 0 Å².